The fourth-order valence-corrected chi connectivity index (χ4v) is 3.87. The van der Waals surface area contributed by atoms with Crippen LogP contribution in [0.15, 0.2) is 52.1 Å². The fraction of sp³-hybridized carbons (Fsp3) is 0.0714. The molecule has 0 saturated carbocycles. The third kappa shape index (κ3) is 2.83. The second kappa shape index (κ2) is 5.46. The number of aromatic nitrogens is 2. The van der Waals surface area contributed by atoms with Crippen molar-refractivity contribution in [2.24, 2.45) is 0 Å². The average Bonchev–Trinajstić information content (AvgIpc) is 2.69. The van der Waals surface area contributed by atoms with Crippen molar-refractivity contribution in [3.63, 3.8) is 0 Å². The molecule has 0 amide bonds. The Labute approximate surface area is 138 Å². The van der Waals surface area contributed by atoms with Gasteiger partial charge in [-0.3, -0.25) is 3.97 Å². The smallest absolute Gasteiger partial charge is 0.151 e. The molecule has 0 N–H and O–H groups in total. The lowest BCUT2D eigenvalue weighted by atomic mass is 10.2. The number of nitrogens with zero attached hydrogens (tertiary/aromatic N) is 2. The third-order valence-electron chi connectivity index (χ3n) is 2.75. The predicted octanol–water partition coefficient (Wildman–Crippen LogP) is 5.27. The Morgan fingerprint density at radius 2 is 2.00 bits per heavy atom. The lowest BCUT2D eigenvalue weighted by Gasteiger charge is -2.04. The first-order valence-electron chi connectivity index (χ1n) is 5.70. The van der Waals surface area contributed by atoms with Crippen molar-refractivity contribution in [2.75, 3.05) is 0 Å². The molecule has 19 heavy (non-hydrogen) atoms. The fourth-order valence-electron chi connectivity index (χ4n) is 1.80. The molecular weight excluding hydrogens is 435 g/mol. The first-order chi connectivity index (χ1) is 9.13. The van der Waals surface area contributed by atoms with E-state index in [0.717, 1.165) is 10.1 Å². The van der Waals surface area contributed by atoms with Crippen LogP contribution < -0.4 is 0 Å². The van der Waals surface area contributed by atoms with Crippen LogP contribution in [-0.4, -0.2) is 8.96 Å². The monoisotopic (exact) mass is 444 g/mol. The summed E-state index contributed by atoms with van der Waals surface area (Å²) in [6.07, 6.45) is 3.96. The molecule has 1 aromatic carbocycles. The molecule has 2 nitrogen and oxygen atoms in total. The number of halogens is 2. The third-order valence-corrected chi connectivity index (χ3v) is 5.01. The minimum Gasteiger partial charge on any atom is -0.270 e. The van der Waals surface area contributed by atoms with E-state index in [9.17, 15) is 0 Å². The second-order valence-corrected chi connectivity index (χ2v) is 7.36. The van der Waals surface area contributed by atoms with Gasteiger partial charge in [-0.15, -0.1) is 0 Å². The number of hydrogen-bond acceptors (Lipinski definition) is 2. The van der Waals surface area contributed by atoms with E-state index in [1.165, 1.54) is 19.4 Å². The van der Waals surface area contributed by atoms with Crippen molar-refractivity contribution in [1.82, 2.24) is 8.96 Å². The normalized spacial score (nSPS) is 11.1. The van der Waals surface area contributed by atoms with E-state index < -0.39 is 0 Å². The number of hydrogen-bond donors (Lipinski definition) is 0. The summed E-state index contributed by atoms with van der Waals surface area (Å²) < 4.78 is 4.34. The molecule has 0 radical (unpaired) electrons. The highest BCUT2D eigenvalue weighted by molar-refractivity contribution is 14.1. The van der Waals surface area contributed by atoms with E-state index in [-0.39, 0.29) is 0 Å². The van der Waals surface area contributed by atoms with Crippen molar-refractivity contribution < 1.29 is 0 Å². The van der Waals surface area contributed by atoms with Crippen LogP contribution >= 0.6 is 50.5 Å². The molecule has 0 spiro atoms. The molecule has 0 aliphatic carbocycles. The molecule has 0 bridgehead atoms. The summed E-state index contributed by atoms with van der Waals surface area (Å²) in [7, 11) is 0. The van der Waals surface area contributed by atoms with E-state index >= 15 is 0 Å². The number of pyridine rings is 1. The van der Waals surface area contributed by atoms with Crippen LogP contribution in [0.4, 0.5) is 0 Å². The van der Waals surface area contributed by atoms with Gasteiger partial charge in [-0.2, -0.15) is 0 Å². The van der Waals surface area contributed by atoms with Gasteiger partial charge in [0.05, 0.1) is 0 Å². The molecule has 3 rings (SSSR count). The van der Waals surface area contributed by atoms with Gasteiger partial charge < -0.3 is 0 Å². The summed E-state index contributed by atoms with van der Waals surface area (Å²) in [6.45, 7) is 2.10. The molecule has 2 heterocycles. The molecule has 3 aromatic rings. The number of rotatable bonds is 2. The van der Waals surface area contributed by atoms with Gasteiger partial charge in [0.1, 0.15) is 0 Å². The van der Waals surface area contributed by atoms with E-state index in [1.54, 1.807) is 11.9 Å². The van der Waals surface area contributed by atoms with Crippen LogP contribution in [0.2, 0.25) is 0 Å². The average molecular weight is 445 g/mol. The number of fused-ring (bicyclic) bond motifs is 1. The van der Waals surface area contributed by atoms with E-state index in [0.29, 0.717) is 0 Å². The Balaban J connectivity index is 2.03. The maximum atomic E-state index is 4.51. The highest BCUT2D eigenvalue weighted by Gasteiger charge is 2.09. The first kappa shape index (κ1) is 13.5. The summed E-state index contributed by atoms with van der Waals surface area (Å²) in [4.78, 5) is 5.72. The van der Waals surface area contributed by atoms with E-state index in [4.69, 9.17) is 0 Å². The van der Waals surface area contributed by atoms with Crippen molar-refractivity contribution in [3.8, 4) is 0 Å². The highest BCUT2D eigenvalue weighted by Crippen LogP contribution is 2.30. The van der Waals surface area contributed by atoms with Gasteiger partial charge in [-0.05, 0) is 75.6 Å². The summed E-state index contributed by atoms with van der Waals surface area (Å²) in [5, 5.41) is 1.18. The Morgan fingerprint density at radius 1 is 1.26 bits per heavy atom. The Hall–Kier alpha value is -0.530. The van der Waals surface area contributed by atoms with Gasteiger partial charge in [0.2, 0.25) is 0 Å². The zero-order valence-corrected chi connectivity index (χ0v) is 14.7. The van der Waals surface area contributed by atoms with E-state index in [1.807, 2.05) is 6.20 Å². The highest BCUT2D eigenvalue weighted by atomic mass is 127. The molecule has 96 valence electrons. The largest absolute Gasteiger partial charge is 0.270 e. The number of benzene rings is 1. The Kier molecular flexibility index (Phi) is 3.86. The Bertz CT molecular complexity index is 737. The minimum absolute atomic E-state index is 0.998. The van der Waals surface area contributed by atoms with E-state index in [2.05, 4.69) is 90.9 Å². The molecule has 0 fully saturated rings. The molecule has 0 unspecified atom stereocenters. The predicted molar refractivity (Wildman–Crippen MR) is 92.6 cm³/mol. The maximum Gasteiger partial charge on any atom is 0.151 e. The number of aryl methyl sites for hydroxylation is 1. The summed E-state index contributed by atoms with van der Waals surface area (Å²) in [5.41, 5.74) is 2.27. The lowest BCUT2D eigenvalue weighted by Crippen LogP contribution is -1.87. The standard InChI is InChI=1S/C14H10BrIN2S/c1-9-2-4-11(5-3-9)19-18-8-13(16)12-6-10(15)7-17-14(12)18/h2-8H,1H3. The molecule has 2 aromatic heterocycles. The molecule has 5 heteroatoms. The minimum atomic E-state index is 0.998. The van der Waals surface area contributed by atoms with Crippen LogP contribution in [0, 0.1) is 10.5 Å². The van der Waals surface area contributed by atoms with Crippen molar-refractivity contribution in [1.29, 1.82) is 0 Å². The van der Waals surface area contributed by atoms with Crippen molar-refractivity contribution in [3.05, 3.63) is 56.3 Å². The first-order valence-corrected chi connectivity index (χ1v) is 8.35. The van der Waals surface area contributed by atoms with Crippen LogP contribution in [-0.2, 0) is 0 Å². The zero-order chi connectivity index (χ0) is 13.4. The van der Waals surface area contributed by atoms with Gasteiger partial charge in [0.15, 0.2) is 5.65 Å². The Morgan fingerprint density at radius 3 is 2.74 bits per heavy atom. The summed E-state index contributed by atoms with van der Waals surface area (Å²) in [6, 6.07) is 10.6. The van der Waals surface area contributed by atoms with Gasteiger partial charge >= 0.3 is 0 Å². The molecular formula is C14H10BrIN2S. The quantitative estimate of drug-likeness (QED) is 0.501. The van der Waals surface area contributed by atoms with Gasteiger partial charge in [0, 0.05) is 30.7 Å². The molecule has 0 aliphatic heterocycles. The van der Waals surface area contributed by atoms with Crippen molar-refractivity contribution >= 4 is 61.5 Å². The molecule has 0 aliphatic rings. The topological polar surface area (TPSA) is 17.8 Å². The SMILES string of the molecule is Cc1ccc(Sn2cc(I)c3cc(Br)cnc32)cc1. The molecule has 0 saturated heterocycles. The summed E-state index contributed by atoms with van der Waals surface area (Å²) in [5.74, 6) is 0. The van der Waals surface area contributed by atoms with Crippen LogP contribution in [0.1, 0.15) is 5.56 Å². The summed E-state index contributed by atoms with van der Waals surface area (Å²) >= 11 is 7.50. The van der Waals surface area contributed by atoms with Gasteiger partial charge in [-0.25, -0.2) is 4.98 Å². The van der Waals surface area contributed by atoms with Crippen LogP contribution in [0.25, 0.3) is 11.0 Å². The van der Waals surface area contributed by atoms with Gasteiger partial charge in [0.25, 0.3) is 0 Å². The van der Waals surface area contributed by atoms with Crippen LogP contribution in [0.5, 0.6) is 0 Å². The molecule has 0 atom stereocenters. The zero-order valence-electron chi connectivity index (χ0n) is 10.1. The second-order valence-electron chi connectivity index (χ2n) is 4.23. The van der Waals surface area contributed by atoms with Gasteiger partial charge in [-0.1, -0.05) is 17.7 Å². The lowest BCUT2D eigenvalue weighted by molar-refractivity contribution is 1.24. The maximum absolute atomic E-state index is 4.51. The van der Waals surface area contributed by atoms with Crippen molar-refractivity contribution in [2.45, 2.75) is 11.8 Å². The van der Waals surface area contributed by atoms with Crippen LogP contribution in [0.3, 0.4) is 0 Å².